The van der Waals surface area contributed by atoms with Crippen molar-refractivity contribution in [3.63, 3.8) is 0 Å². The Kier molecular flexibility index (Phi) is 3.35. The predicted octanol–water partition coefficient (Wildman–Crippen LogP) is 2.20. The van der Waals surface area contributed by atoms with Crippen LogP contribution in [0.25, 0.3) is 0 Å². The van der Waals surface area contributed by atoms with Gasteiger partial charge in [-0.3, -0.25) is 0 Å². The molecule has 15 heavy (non-hydrogen) atoms. The van der Waals surface area contributed by atoms with E-state index in [-0.39, 0.29) is 4.90 Å². The zero-order valence-corrected chi connectivity index (χ0v) is 10.8. The van der Waals surface area contributed by atoms with E-state index in [4.69, 9.17) is 0 Å². The van der Waals surface area contributed by atoms with E-state index in [1.165, 1.54) is 26.0 Å². The largest absolute Gasteiger partial charge is 0.302 e. The van der Waals surface area contributed by atoms with E-state index in [1.807, 2.05) is 0 Å². The Labute approximate surface area is 97.5 Å². The third-order valence-electron chi connectivity index (χ3n) is 2.10. The number of sulfone groups is 1. The third-order valence-corrected chi connectivity index (χ3v) is 5.00. The highest BCUT2D eigenvalue weighted by Gasteiger charge is 2.35. The molecule has 0 radical (unpaired) electrons. The minimum Gasteiger partial charge on any atom is -0.302 e. The second-order valence-electron chi connectivity index (χ2n) is 3.68. The molecule has 3 nitrogen and oxygen atoms in total. The molecule has 0 spiro atoms. The summed E-state index contributed by atoms with van der Waals surface area (Å²) in [6, 6.07) is 6.22. The number of hydrogen-bond acceptors (Lipinski definition) is 3. The van der Waals surface area contributed by atoms with Gasteiger partial charge in [-0.1, -0.05) is 15.9 Å². The van der Waals surface area contributed by atoms with Gasteiger partial charge in [0, 0.05) is 4.47 Å². The average Bonchev–Trinajstić information content (AvgIpc) is 2.18. The first-order chi connectivity index (χ1) is 6.81. The Morgan fingerprint density at radius 3 is 2.07 bits per heavy atom. The normalized spacial score (nSPS) is 12.5. The van der Waals surface area contributed by atoms with Gasteiger partial charge in [0.2, 0.25) is 0 Å². The molecule has 0 fully saturated rings. The lowest BCUT2D eigenvalue weighted by molar-refractivity contribution is -0.109. The highest BCUT2D eigenvalue weighted by atomic mass is 79.9. The Bertz CT molecular complexity index is 460. The van der Waals surface area contributed by atoms with Crippen LogP contribution in [0.1, 0.15) is 13.8 Å². The maximum Gasteiger partial charge on any atom is 0.190 e. The molecule has 1 aromatic rings. The molecule has 0 bridgehead atoms. The van der Waals surface area contributed by atoms with Gasteiger partial charge in [0.05, 0.1) is 4.90 Å². The summed E-state index contributed by atoms with van der Waals surface area (Å²) in [5.74, 6) is 0. The van der Waals surface area contributed by atoms with Crippen LogP contribution < -0.4 is 0 Å². The number of aldehydes is 1. The minimum atomic E-state index is -3.59. The molecule has 0 atom stereocenters. The lowest BCUT2D eigenvalue weighted by Crippen LogP contribution is -2.33. The Morgan fingerprint density at radius 2 is 1.67 bits per heavy atom. The first-order valence-corrected chi connectivity index (χ1v) is 6.55. The van der Waals surface area contributed by atoms with Crippen molar-refractivity contribution in [2.75, 3.05) is 0 Å². The van der Waals surface area contributed by atoms with Gasteiger partial charge in [-0.15, -0.1) is 0 Å². The standard InChI is InChI=1S/C10H11BrO3S/c1-10(2,7-12)15(13,14)9-5-3-8(11)4-6-9/h3-7H,1-2H3. The van der Waals surface area contributed by atoms with E-state index >= 15 is 0 Å². The van der Waals surface area contributed by atoms with Crippen molar-refractivity contribution in [1.82, 2.24) is 0 Å². The SMILES string of the molecule is CC(C)(C=O)S(=O)(=O)c1ccc(Br)cc1. The summed E-state index contributed by atoms with van der Waals surface area (Å²) >= 11 is 3.22. The van der Waals surface area contributed by atoms with Gasteiger partial charge in [-0.25, -0.2) is 8.42 Å². The van der Waals surface area contributed by atoms with Gasteiger partial charge in [0.15, 0.2) is 9.84 Å². The van der Waals surface area contributed by atoms with Crippen LogP contribution in [0.5, 0.6) is 0 Å². The summed E-state index contributed by atoms with van der Waals surface area (Å²) in [5.41, 5.74) is 0. The average molecular weight is 291 g/mol. The molecule has 0 aromatic heterocycles. The van der Waals surface area contributed by atoms with Gasteiger partial charge >= 0.3 is 0 Å². The van der Waals surface area contributed by atoms with E-state index in [0.717, 1.165) is 4.47 Å². The molecule has 0 saturated heterocycles. The maximum atomic E-state index is 11.9. The second kappa shape index (κ2) is 4.06. The molecule has 0 heterocycles. The van der Waals surface area contributed by atoms with Crippen molar-refractivity contribution < 1.29 is 13.2 Å². The Morgan fingerprint density at radius 1 is 1.20 bits per heavy atom. The molecule has 0 aliphatic heterocycles. The van der Waals surface area contributed by atoms with Crippen LogP contribution in [0, 0.1) is 0 Å². The number of hydrogen-bond donors (Lipinski definition) is 0. The van der Waals surface area contributed by atoms with Gasteiger partial charge in [0.25, 0.3) is 0 Å². The second-order valence-corrected chi connectivity index (χ2v) is 7.12. The lowest BCUT2D eigenvalue weighted by atomic mass is 10.2. The Hall–Kier alpha value is -0.680. The summed E-state index contributed by atoms with van der Waals surface area (Å²) in [5, 5.41) is 0. The molecule has 82 valence electrons. The molecule has 0 amide bonds. The van der Waals surface area contributed by atoms with Gasteiger partial charge in [-0.2, -0.15) is 0 Å². The predicted molar refractivity (Wildman–Crippen MR) is 61.5 cm³/mol. The molecule has 0 aliphatic carbocycles. The van der Waals surface area contributed by atoms with E-state index in [9.17, 15) is 13.2 Å². The molecule has 1 aromatic carbocycles. The summed E-state index contributed by atoms with van der Waals surface area (Å²) in [6.07, 6.45) is 0.449. The van der Waals surface area contributed by atoms with Gasteiger partial charge in [0.1, 0.15) is 11.0 Å². The molecule has 5 heteroatoms. The third kappa shape index (κ3) is 2.29. The quantitative estimate of drug-likeness (QED) is 0.802. The zero-order chi connectivity index (χ0) is 11.7. The topological polar surface area (TPSA) is 51.2 Å². The van der Waals surface area contributed by atoms with Crippen molar-refractivity contribution in [1.29, 1.82) is 0 Å². The fraction of sp³-hybridized carbons (Fsp3) is 0.300. The fourth-order valence-electron chi connectivity index (χ4n) is 0.981. The van der Waals surface area contributed by atoms with Crippen molar-refractivity contribution >= 4 is 32.1 Å². The summed E-state index contributed by atoms with van der Waals surface area (Å²) in [4.78, 5) is 10.9. The minimum absolute atomic E-state index is 0.155. The molecule has 0 saturated carbocycles. The first-order valence-electron chi connectivity index (χ1n) is 4.28. The molecule has 0 unspecified atom stereocenters. The van der Waals surface area contributed by atoms with Gasteiger partial charge in [-0.05, 0) is 38.1 Å². The van der Waals surface area contributed by atoms with Crippen LogP contribution in [-0.2, 0) is 14.6 Å². The Balaban J connectivity index is 3.30. The van der Waals surface area contributed by atoms with Crippen LogP contribution in [-0.4, -0.2) is 19.5 Å². The van der Waals surface area contributed by atoms with Crippen LogP contribution in [0.2, 0.25) is 0 Å². The van der Waals surface area contributed by atoms with Crippen LogP contribution in [0.3, 0.4) is 0 Å². The first kappa shape index (κ1) is 12.4. The smallest absolute Gasteiger partial charge is 0.190 e. The summed E-state index contributed by atoms with van der Waals surface area (Å²) < 4.78 is 23.3. The molecule has 1 rings (SSSR count). The van der Waals surface area contributed by atoms with Crippen molar-refractivity contribution in [3.8, 4) is 0 Å². The van der Waals surface area contributed by atoms with Crippen molar-refractivity contribution in [3.05, 3.63) is 28.7 Å². The summed E-state index contributed by atoms with van der Waals surface area (Å²) in [7, 11) is -3.59. The van der Waals surface area contributed by atoms with E-state index < -0.39 is 14.6 Å². The monoisotopic (exact) mass is 290 g/mol. The van der Waals surface area contributed by atoms with E-state index in [2.05, 4.69) is 15.9 Å². The van der Waals surface area contributed by atoms with Crippen molar-refractivity contribution in [2.24, 2.45) is 0 Å². The maximum absolute atomic E-state index is 11.9. The summed E-state index contributed by atoms with van der Waals surface area (Å²) in [6.45, 7) is 2.77. The zero-order valence-electron chi connectivity index (χ0n) is 8.40. The van der Waals surface area contributed by atoms with E-state index in [1.54, 1.807) is 12.1 Å². The number of rotatable bonds is 3. The molecular formula is C10H11BrO3S. The van der Waals surface area contributed by atoms with E-state index in [0.29, 0.717) is 6.29 Å². The molecule has 0 aliphatic rings. The van der Waals surface area contributed by atoms with Crippen molar-refractivity contribution in [2.45, 2.75) is 23.5 Å². The number of halogens is 1. The highest BCUT2D eigenvalue weighted by Crippen LogP contribution is 2.24. The fourth-order valence-corrected chi connectivity index (χ4v) is 2.47. The van der Waals surface area contributed by atoms with Gasteiger partial charge < -0.3 is 4.79 Å². The lowest BCUT2D eigenvalue weighted by Gasteiger charge is -2.17. The number of carbonyl (C=O) groups is 1. The van der Waals surface area contributed by atoms with Crippen LogP contribution in [0.15, 0.2) is 33.6 Å². The molecule has 0 N–H and O–H groups in total. The van der Waals surface area contributed by atoms with Crippen LogP contribution in [0.4, 0.5) is 0 Å². The molecular weight excluding hydrogens is 280 g/mol. The number of benzene rings is 1. The van der Waals surface area contributed by atoms with Crippen LogP contribution >= 0.6 is 15.9 Å². The number of carbonyl (C=O) groups excluding carboxylic acids is 1. The highest BCUT2D eigenvalue weighted by molar-refractivity contribution is 9.10.